The minimum Gasteiger partial charge on any atom is -0.383 e. The molecule has 0 aromatic carbocycles. The standard InChI is InChI=1S/C14H24N2O2S/c1-4-7-14(2,15)13(17)16(8-9-18-3)11-12-6-5-10-19-12/h5-6,10H,4,7-9,11,15H2,1-3H3. The quantitative estimate of drug-likeness (QED) is 0.796. The average molecular weight is 284 g/mol. The van der Waals surface area contributed by atoms with Gasteiger partial charge in [-0.25, -0.2) is 0 Å². The zero-order valence-corrected chi connectivity index (χ0v) is 12.8. The second-order valence-electron chi connectivity index (χ2n) is 4.97. The molecule has 0 aliphatic rings. The van der Waals surface area contributed by atoms with Crippen LogP contribution in [0.25, 0.3) is 0 Å². The minimum absolute atomic E-state index is 0.000185. The fourth-order valence-corrected chi connectivity index (χ4v) is 2.75. The Labute approximate surface area is 119 Å². The van der Waals surface area contributed by atoms with E-state index in [1.54, 1.807) is 23.3 Å². The summed E-state index contributed by atoms with van der Waals surface area (Å²) in [4.78, 5) is 15.5. The Hall–Kier alpha value is -0.910. The van der Waals surface area contributed by atoms with Crippen LogP contribution in [0.1, 0.15) is 31.6 Å². The Kier molecular flexibility index (Phi) is 6.48. The van der Waals surface area contributed by atoms with Gasteiger partial charge >= 0.3 is 0 Å². The Bertz CT molecular complexity index is 377. The van der Waals surface area contributed by atoms with Crippen molar-refractivity contribution in [2.75, 3.05) is 20.3 Å². The number of hydrogen-bond acceptors (Lipinski definition) is 4. The Morgan fingerprint density at radius 1 is 1.58 bits per heavy atom. The normalized spacial score (nSPS) is 14.1. The first-order chi connectivity index (χ1) is 9.01. The van der Waals surface area contributed by atoms with E-state index in [0.29, 0.717) is 26.1 Å². The summed E-state index contributed by atoms with van der Waals surface area (Å²) in [7, 11) is 1.64. The van der Waals surface area contributed by atoms with Crippen molar-refractivity contribution in [3.05, 3.63) is 22.4 Å². The summed E-state index contributed by atoms with van der Waals surface area (Å²) in [5.41, 5.74) is 5.35. The molecule has 0 aliphatic carbocycles. The predicted octanol–water partition coefficient (Wildman–Crippen LogP) is 2.24. The number of ether oxygens (including phenoxy) is 1. The van der Waals surface area contributed by atoms with Crippen molar-refractivity contribution in [1.29, 1.82) is 0 Å². The fraction of sp³-hybridized carbons (Fsp3) is 0.643. The van der Waals surface area contributed by atoms with E-state index in [-0.39, 0.29) is 5.91 Å². The third kappa shape index (κ3) is 4.93. The molecule has 1 aromatic rings. The highest BCUT2D eigenvalue weighted by Gasteiger charge is 2.31. The molecule has 0 aliphatic heterocycles. The van der Waals surface area contributed by atoms with Gasteiger partial charge in [0.25, 0.3) is 0 Å². The maximum atomic E-state index is 12.5. The van der Waals surface area contributed by atoms with Gasteiger partial charge in [0.05, 0.1) is 18.7 Å². The number of carbonyl (C=O) groups is 1. The summed E-state index contributed by atoms with van der Waals surface area (Å²) in [6.07, 6.45) is 1.59. The molecule has 1 rings (SSSR count). The summed E-state index contributed by atoms with van der Waals surface area (Å²) >= 11 is 1.65. The van der Waals surface area contributed by atoms with E-state index in [0.717, 1.165) is 11.3 Å². The summed E-state index contributed by atoms with van der Waals surface area (Å²) in [6.45, 7) is 5.56. The van der Waals surface area contributed by atoms with Gasteiger partial charge in [-0.15, -0.1) is 11.3 Å². The largest absolute Gasteiger partial charge is 0.383 e. The third-order valence-electron chi connectivity index (χ3n) is 3.04. The number of nitrogens with two attached hydrogens (primary N) is 1. The fourth-order valence-electron chi connectivity index (χ4n) is 2.03. The number of methoxy groups -OCH3 is 1. The van der Waals surface area contributed by atoms with Crippen molar-refractivity contribution < 1.29 is 9.53 Å². The van der Waals surface area contributed by atoms with Crippen LogP contribution in [0.2, 0.25) is 0 Å². The monoisotopic (exact) mass is 284 g/mol. The van der Waals surface area contributed by atoms with Crippen LogP contribution in [0.15, 0.2) is 17.5 Å². The Morgan fingerprint density at radius 3 is 2.84 bits per heavy atom. The lowest BCUT2D eigenvalue weighted by Crippen LogP contribution is -2.53. The second kappa shape index (κ2) is 7.62. The van der Waals surface area contributed by atoms with E-state index in [2.05, 4.69) is 0 Å². The number of hydrogen-bond donors (Lipinski definition) is 1. The lowest BCUT2D eigenvalue weighted by Gasteiger charge is -2.31. The van der Waals surface area contributed by atoms with Gasteiger partial charge in [-0.2, -0.15) is 0 Å². The average Bonchev–Trinajstić information content (AvgIpc) is 2.86. The van der Waals surface area contributed by atoms with Crippen LogP contribution in [-0.4, -0.2) is 36.6 Å². The van der Waals surface area contributed by atoms with Gasteiger partial charge in [-0.1, -0.05) is 19.4 Å². The minimum atomic E-state index is -0.792. The molecule has 108 valence electrons. The van der Waals surface area contributed by atoms with Crippen LogP contribution >= 0.6 is 11.3 Å². The highest BCUT2D eigenvalue weighted by atomic mass is 32.1. The number of nitrogens with zero attached hydrogens (tertiary/aromatic N) is 1. The van der Waals surface area contributed by atoms with Gasteiger partial charge in [0.15, 0.2) is 0 Å². The maximum Gasteiger partial charge on any atom is 0.242 e. The maximum absolute atomic E-state index is 12.5. The van der Waals surface area contributed by atoms with Crippen LogP contribution in [0.3, 0.4) is 0 Å². The van der Waals surface area contributed by atoms with Crippen molar-refractivity contribution in [1.82, 2.24) is 4.90 Å². The van der Waals surface area contributed by atoms with Crippen LogP contribution in [0.5, 0.6) is 0 Å². The number of carbonyl (C=O) groups excluding carboxylic acids is 1. The predicted molar refractivity (Wildman–Crippen MR) is 79.1 cm³/mol. The van der Waals surface area contributed by atoms with E-state index >= 15 is 0 Å². The molecule has 0 fully saturated rings. The molecule has 5 heteroatoms. The van der Waals surface area contributed by atoms with Crippen molar-refractivity contribution >= 4 is 17.2 Å². The summed E-state index contributed by atoms with van der Waals surface area (Å²) in [5.74, 6) is -0.000185. The van der Waals surface area contributed by atoms with E-state index in [1.165, 1.54) is 0 Å². The molecule has 1 amide bonds. The molecule has 0 radical (unpaired) electrons. The van der Waals surface area contributed by atoms with Crippen molar-refractivity contribution in [3.63, 3.8) is 0 Å². The topological polar surface area (TPSA) is 55.6 Å². The highest BCUT2D eigenvalue weighted by Crippen LogP contribution is 2.17. The molecule has 19 heavy (non-hydrogen) atoms. The molecular weight excluding hydrogens is 260 g/mol. The molecule has 1 unspecified atom stereocenters. The van der Waals surface area contributed by atoms with Crippen molar-refractivity contribution in [2.45, 2.75) is 38.8 Å². The molecule has 1 heterocycles. The number of amides is 1. The summed E-state index contributed by atoms with van der Waals surface area (Å²) in [6, 6.07) is 4.03. The van der Waals surface area contributed by atoms with Crippen LogP contribution in [-0.2, 0) is 16.1 Å². The highest BCUT2D eigenvalue weighted by molar-refractivity contribution is 7.09. The number of thiophene rings is 1. The molecular formula is C14H24N2O2S. The van der Waals surface area contributed by atoms with E-state index in [1.807, 2.05) is 31.4 Å². The summed E-state index contributed by atoms with van der Waals surface area (Å²) in [5, 5.41) is 2.02. The molecule has 0 saturated carbocycles. The smallest absolute Gasteiger partial charge is 0.242 e. The van der Waals surface area contributed by atoms with Gasteiger partial charge in [0.1, 0.15) is 0 Å². The van der Waals surface area contributed by atoms with Gasteiger partial charge in [0, 0.05) is 18.5 Å². The van der Waals surface area contributed by atoms with Crippen LogP contribution in [0.4, 0.5) is 0 Å². The van der Waals surface area contributed by atoms with E-state index < -0.39 is 5.54 Å². The lowest BCUT2D eigenvalue weighted by molar-refractivity contribution is -0.138. The molecule has 1 aromatic heterocycles. The van der Waals surface area contributed by atoms with Gasteiger partial charge in [0.2, 0.25) is 5.91 Å². The van der Waals surface area contributed by atoms with Gasteiger partial charge in [-0.3, -0.25) is 4.79 Å². The molecule has 2 N–H and O–H groups in total. The summed E-state index contributed by atoms with van der Waals surface area (Å²) < 4.78 is 5.08. The molecule has 1 atom stereocenters. The third-order valence-corrected chi connectivity index (χ3v) is 3.90. The van der Waals surface area contributed by atoms with Gasteiger partial charge < -0.3 is 15.4 Å². The number of rotatable bonds is 8. The van der Waals surface area contributed by atoms with Crippen molar-refractivity contribution in [3.8, 4) is 0 Å². The molecule has 0 bridgehead atoms. The van der Waals surface area contributed by atoms with Crippen molar-refractivity contribution in [2.24, 2.45) is 5.73 Å². The Morgan fingerprint density at radius 2 is 2.32 bits per heavy atom. The Balaban J connectivity index is 2.74. The van der Waals surface area contributed by atoms with Crippen LogP contribution in [0, 0.1) is 0 Å². The zero-order valence-electron chi connectivity index (χ0n) is 12.0. The van der Waals surface area contributed by atoms with E-state index in [4.69, 9.17) is 10.5 Å². The first-order valence-corrected chi connectivity index (χ1v) is 7.48. The molecule has 4 nitrogen and oxygen atoms in total. The second-order valence-corrected chi connectivity index (χ2v) is 6.00. The van der Waals surface area contributed by atoms with Crippen LogP contribution < -0.4 is 5.73 Å². The lowest BCUT2D eigenvalue weighted by atomic mass is 9.95. The molecule has 0 saturated heterocycles. The SMILES string of the molecule is CCCC(C)(N)C(=O)N(CCOC)Cc1cccs1. The van der Waals surface area contributed by atoms with E-state index in [9.17, 15) is 4.79 Å². The molecule has 0 spiro atoms. The zero-order chi connectivity index (χ0) is 14.3. The van der Waals surface area contributed by atoms with Gasteiger partial charge in [-0.05, 0) is 24.8 Å². The first kappa shape index (κ1) is 16.1. The first-order valence-electron chi connectivity index (χ1n) is 6.61.